The Bertz CT molecular complexity index is 1370. The number of aromatic hydroxyl groups is 1. The smallest absolute Gasteiger partial charge is 0.275 e. The molecule has 2 N–H and O–H groups in total. The molecule has 3 aromatic carbocycles. The number of nitrogens with zero attached hydrogens (tertiary/aromatic N) is 6. The summed E-state index contributed by atoms with van der Waals surface area (Å²) >= 11 is 5.96. The lowest BCUT2D eigenvalue weighted by atomic mass is 10.1. The minimum atomic E-state index is -0.666. The molecule has 0 radical (unpaired) electrons. The summed E-state index contributed by atoms with van der Waals surface area (Å²) in [4.78, 5) is 14.7. The maximum atomic E-state index is 12.7. The molecule has 0 fully saturated rings. The molecule has 37 heavy (non-hydrogen) atoms. The van der Waals surface area contributed by atoms with Crippen molar-refractivity contribution >= 4 is 34.7 Å². The molecule has 0 aromatic heterocycles. The van der Waals surface area contributed by atoms with Gasteiger partial charge >= 0.3 is 0 Å². The number of hydrazone groups is 1. The maximum absolute atomic E-state index is 12.7. The highest BCUT2D eigenvalue weighted by molar-refractivity contribution is 6.31. The van der Waals surface area contributed by atoms with E-state index in [-0.39, 0.29) is 17.1 Å². The SMILES string of the molecule is Cc1cc(N(CCC#N)CCC#N)ccc1/C(N=Nc1ccccc1)=N/NC(=O)c1cc(Cl)ccc1O. The highest BCUT2D eigenvalue weighted by Crippen LogP contribution is 2.23. The van der Waals surface area contributed by atoms with E-state index >= 15 is 0 Å². The van der Waals surface area contributed by atoms with Crippen LogP contribution in [0, 0.1) is 29.6 Å². The second-order valence-electron chi connectivity index (χ2n) is 7.88. The maximum Gasteiger partial charge on any atom is 0.275 e. The quantitative estimate of drug-likeness (QED) is 0.160. The Morgan fingerprint density at radius 2 is 1.70 bits per heavy atom. The summed E-state index contributed by atoms with van der Waals surface area (Å²) in [5.74, 6) is -0.760. The number of azo groups is 1. The van der Waals surface area contributed by atoms with Gasteiger partial charge in [0.2, 0.25) is 5.84 Å². The van der Waals surface area contributed by atoms with Gasteiger partial charge in [-0.2, -0.15) is 10.5 Å². The number of rotatable bonds is 9. The zero-order chi connectivity index (χ0) is 26.6. The minimum absolute atomic E-state index is 0.0340. The first kappa shape index (κ1) is 26.9. The van der Waals surface area contributed by atoms with Gasteiger partial charge in [0.1, 0.15) is 5.75 Å². The Labute approximate surface area is 219 Å². The van der Waals surface area contributed by atoms with E-state index in [9.17, 15) is 9.90 Å². The van der Waals surface area contributed by atoms with Crippen molar-refractivity contribution in [3.63, 3.8) is 0 Å². The number of aryl methyl sites for hydroxylation is 1. The van der Waals surface area contributed by atoms with Crippen LogP contribution in [0.3, 0.4) is 0 Å². The average molecular weight is 514 g/mol. The molecule has 0 aliphatic heterocycles. The third kappa shape index (κ3) is 7.63. The van der Waals surface area contributed by atoms with Gasteiger partial charge in [0.15, 0.2) is 0 Å². The predicted octanol–water partition coefficient (Wildman–Crippen LogP) is 5.86. The molecular formula is C27H24ClN7O2. The largest absolute Gasteiger partial charge is 0.507 e. The predicted molar refractivity (Wildman–Crippen MR) is 142 cm³/mol. The van der Waals surface area contributed by atoms with Crippen molar-refractivity contribution in [1.82, 2.24) is 5.43 Å². The van der Waals surface area contributed by atoms with Gasteiger partial charge in [0.05, 0.1) is 36.2 Å². The van der Waals surface area contributed by atoms with E-state index in [4.69, 9.17) is 22.1 Å². The van der Waals surface area contributed by atoms with E-state index in [1.807, 2.05) is 42.2 Å². The van der Waals surface area contributed by atoms with Crippen molar-refractivity contribution in [2.24, 2.45) is 15.3 Å². The van der Waals surface area contributed by atoms with Crippen LogP contribution in [0.25, 0.3) is 0 Å². The molecular weight excluding hydrogens is 490 g/mol. The van der Waals surface area contributed by atoms with Crippen molar-refractivity contribution in [1.29, 1.82) is 10.5 Å². The highest BCUT2D eigenvalue weighted by Gasteiger charge is 2.15. The Hall–Kier alpha value is -4.73. The summed E-state index contributed by atoms with van der Waals surface area (Å²) < 4.78 is 0. The third-order valence-corrected chi connectivity index (χ3v) is 5.52. The molecule has 9 nitrogen and oxygen atoms in total. The van der Waals surface area contributed by atoms with Crippen molar-refractivity contribution in [2.75, 3.05) is 18.0 Å². The van der Waals surface area contributed by atoms with Crippen LogP contribution in [-0.2, 0) is 0 Å². The number of hydrogen-bond donors (Lipinski definition) is 2. The number of amides is 1. The first-order valence-electron chi connectivity index (χ1n) is 11.4. The van der Waals surface area contributed by atoms with Crippen molar-refractivity contribution < 1.29 is 9.90 Å². The van der Waals surface area contributed by atoms with Gasteiger partial charge in [-0.15, -0.1) is 15.3 Å². The first-order chi connectivity index (χ1) is 17.9. The molecule has 0 spiro atoms. The summed E-state index contributed by atoms with van der Waals surface area (Å²) in [6, 6.07) is 23.0. The Balaban J connectivity index is 1.96. The van der Waals surface area contributed by atoms with Crippen molar-refractivity contribution in [3.05, 3.63) is 88.4 Å². The van der Waals surface area contributed by atoms with E-state index in [0.717, 1.165) is 11.3 Å². The number of amidine groups is 1. The summed E-state index contributed by atoms with van der Waals surface area (Å²) in [5, 5.41) is 41.0. The fraction of sp³-hybridized carbons (Fsp3) is 0.185. The van der Waals surface area contributed by atoms with Crippen LogP contribution >= 0.6 is 11.6 Å². The summed E-state index contributed by atoms with van der Waals surface area (Å²) in [5.41, 5.74) is 5.23. The van der Waals surface area contributed by atoms with Crippen LogP contribution in [-0.4, -0.2) is 29.9 Å². The standard InChI is InChI=1S/C27H24ClN7O2/c1-19-17-22(35(15-5-13-29)16-6-14-30)10-11-23(19)26(32-31-21-7-3-2-4-8-21)33-34-27(37)24-18-20(28)9-12-25(24)36/h2-4,7-12,17-18,36H,5-6,15-16H2,1H3,(H,34,37)/b32-31?,33-26-. The number of nitriles is 2. The summed E-state index contributed by atoms with van der Waals surface area (Å²) in [6.45, 7) is 2.85. The molecule has 3 aromatic rings. The van der Waals surface area contributed by atoms with Crippen LogP contribution in [0.5, 0.6) is 5.75 Å². The molecule has 186 valence electrons. The molecule has 0 atom stereocenters. The molecule has 0 aliphatic carbocycles. The van der Waals surface area contributed by atoms with Crippen molar-refractivity contribution in [3.8, 4) is 17.9 Å². The zero-order valence-electron chi connectivity index (χ0n) is 20.1. The molecule has 10 heteroatoms. The number of anilines is 1. The lowest BCUT2D eigenvalue weighted by molar-refractivity contribution is 0.0952. The summed E-state index contributed by atoms with van der Waals surface area (Å²) in [6.07, 6.45) is 0.652. The number of benzene rings is 3. The second kappa shape index (κ2) is 13.4. The van der Waals surface area contributed by atoms with Crippen LogP contribution in [0.15, 0.2) is 82.1 Å². The van der Waals surface area contributed by atoms with E-state index < -0.39 is 5.91 Å². The number of nitrogens with one attached hydrogen (secondary N) is 1. The van der Waals surface area contributed by atoms with Crippen LogP contribution in [0.2, 0.25) is 5.02 Å². The zero-order valence-corrected chi connectivity index (χ0v) is 20.9. The molecule has 0 heterocycles. The molecule has 0 saturated carbocycles. The first-order valence-corrected chi connectivity index (χ1v) is 11.7. The molecule has 3 rings (SSSR count). The monoisotopic (exact) mass is 513 g/mol. The fourth-order valence-electron chi connectivity index (χ4n) is 3.43. The number of halogens is 1. The van der Waals surface area contributed by atoms with E-state index in [2.05, 4.69) is 32.9 Å². The molecule has 0 aliphatic rings. The van der Waals surface area contributed by atoms with Gasteiger partial charge in [-0.3, -0.25) is 4.79 Å². The summed E-state index contributed by atoms with van der Waals surface area (Å²) in [7, 11) is 0. The van der Waals surface area contributed by atoms with Crippen LogP contribution in [0.4, 0.5) is 11.4 Å². The third-order valence-electron chi connectivity index (χ3n) is 5.29. The molecule has 0 unspecified atom stereocenters. The van der Waals surface area contributed by atoms with E-state index in [0.29, 0.717) is 42.2 Å². The Morgan fingerprint density at radius 1 is 1.00 bits per heavy atom. The Morgan fingerprint density at radius 3 is 2.35 bits per heavy atom. The van der Waals surface area contributed by atoms with Crippen LogP contribution < -0.4 is 10.3 Å². The highest BCUT2D eigenvalue weighted by atomic mass is 35.5. The number of phenols is 1. The van der Waals surface area contributed by atoms with Gasteiger partial charge in [0, 0.05) is 29.4 Å². The number of hydrogen-bond acceptors (Lipinski definition) is 7. The lowest BCUT2D eigenvalue weighted by Crippen LogP contribution is -2.25. The molecule has 0 bridgehead atoms. The minimum Gasteiger partial charge on any atom is -0.507 e. The van der Waals surface area contributed by atoms with Gasteiger partial charge in [-0.1, -0.05) is 29.8 Å². The van der Waals surface area contributed by atoms with Crippen LogP contribution in [0.1, 0.15) is 34.3 Å². The lowest BCUT2D eigenvalue weighted by Gasteiger charge is -2.23. The topological polar surface area (TPSA) is 137 Å². The number of carbonyl (C=O) groups excluding carboxylic acids is 1. The van der Waals surface area contributed by atoms with Gasteiger partial charge in [0.25, 0.3) is 5.91 Å². The average Bonchev–Trinajstić information content (AvgIpc) is 2.91. The van der Waals surface area contributed by atoms with Gasteiger partial charge in [-0.05, 0) is 61.0 Å². The van der Waals surface area contributed by atoms with Gasteiger partial charge < -0.3 is 10.0 Å². The number of phenolic OH excluding ortho intramolecular Hbond substituents is 1. The fourth-order valence-corrected chi connectivity index (χ4v) is 3.60. The molecule has 1 amide bonds. The molecule has 0 saturated heterocycles. The second-order valence-corrected chi connectivity index (χ2v) is 8.31. The van der Waals surface area contributed by atoms with E-state index in [1.54, 1.807) is 18.2 Å². The van der Waals surface area contributed by atoms with Gasteiger partial charge in [-0.25, -0.2) is 5.43 Å². The Kier molecular flexibility index (Phi) is 9.72. The van der Waals surface area contributed by atoms with E-state index in [1.165, 1.54) is 18.2 Å². The van der Waals surface area contributed by atoms with Crippen molar-refractivity contribution in [2.45, 2.75) is 19.8 Å². The normalized spacial score (nSPS) is 11.1. The number of carbonyl (C=O) groups is 1.